The summed E-state index contributed by atoms with van der Waals surface area (Å²) in [6, 6.07) is 4.38. The Morgan fingerprint density at radius 3 is 2.42 bits per heavy atom. The standard InChI is InChI=1S/C7H5AsO3.BrH/c8-6-4(7(10)11)2-1-3-5(6)9;/h1-3,9H,(H,10,11);1H. The molecule has 1 rings (SSSR count). The van der Waals surface area contributed by atoms with Gasteiger partial charge in [-0.15, -0.1) is 17.0 Å². The number of benzene rings is 1. The number of aromatic hydroxyl groups is 1. The number of aromatic carboxylic acids is 1. The third kappa shape index (κ3) is 2.26. The van der Waals surface area contributed by atoms with Crippen molar-refractivity contribution in [2.24, 2.45) is 0 Å². The third-order valence-electron chi connectivity index (χ3n) is 1.25. The van der Waals surface area contributed by atoms with Gasteiger partial charge in [0.1, 0.15) is 0 Å². The van der Waals surface area contributed by atoms with Crippen LogP contribution in [-0.2, 0) is 0 Å². The van der Waals surface area contributed by atoms with Gasteiger partial charge in [0.05, 0.1) is 0 Å². The van der Waals surface area contributed by atoms with Crippen LogP contribution in [0.1, 0.15) is 10.4 Å². The van der Waals surface area contributed by atoms with E-state index in [0.29, 0.717) is 4.35 Å². The van der Waals surface area contributed by atoms with E-state index in [1.807, 2.05) is 16.9 Å². The Balaban J connectivity index is 0.00000121. The Hall–Kier alpha value is -0.472. The number of phenols is 1. The monoisotopic (exact) mass is 292 g/mol. The second-order valence-electron chi connectivity index (χ2n) is 1.98. The molecule has 0 unspecified atom stereocenters. The van der Waals surface area contributed by atoms with Crippen molar-refractivity contribution in [3.05, 3.63) is 23.8 Å². The topological polar surface area (TPSA) is 57.5 Å². The molecule has 12 heavy (non-hydrogen) atoms. The fourth-order valence-corrected chi connectivity index (χ4v) is 1.22. The second-order valence-corrected chi connectivity index (χ2v) is 2.92. The van der Waals surface area contributed by atoms with Crippen molar-refractivity contribution in [2.75, 3.05) is 0 Å². The zero-order chi connectivity index (χ0) is 8.43. The van der Waals surface area contributed by atoms with Crippen LogP contribution in [0, 0.1) is 0 Å². The third-order valence-corrected chi connectivity index (χ3v) is 2.23. The van der Waals surface area contributed by atoms with Crippen molar-refractivity contribution in [1.82, 2.24) is 0 Å². The number of carbonyl (C=O) groups is 1. The van der Waals surface area contributed by atoms with Gasteiger partial charge >= 0.3 is 71.7 Å². The summed E-state index contributed by atoms with van der Waals surface area (Å²) in [5.41, 5.74) is 0.116. The van der Waals surface area contributed by atoms with Crippen LogP contribution in [0.4, 0.5) is 0 Å². The molecule has 0 fully saturated rings. The summed E-state index contributed by atoms with van der Waals surface area (Å²) in [6.07, 6.45) is 0. The molecule has 2 radical (unpaired) electrons. The molecule has 0 saturated heterocycles. The molecule has 0 saturated carbocycles. The Morgan fingerprint density at radius 1 is 1.42 bits per heavy atom. The summed E-state index contributed by atoms with van der Waals surface area (Å²) in [5.74, 6) is -1.04. The Kier molecular flexibility index (Phi) is 4.35. The minimum absolute atomic E-state index is 0. The molecule has 3 nitrogen and oxygen atoms in total. The summed E-state index contributed by atoms with van der Waals surface area (Å²) in [5, 5.41) is 17.6. The van der Waals surface area contributed by atoms with Crippen LogP contribution in [0.15, 0.2) is 18.2 Å². The Morgan fingerprint density at radius 2 is 2.00 bits per heavy atom. The van der Waals surface area contributed by atoms with Crippen molar-refractivity contribution in [3.63, 3.8) is 0 Å². The van der Waals surface area contributed by atoms with Crippen LogP contribution in [0.2, 0.25) is 0 Å². The molecule has 0 aliphatic rings. The van der Waals surface area contributed by atoms with Gasteiger partial charge in [-0.3, -0.25) is 0 Å². The first-order valence-corrected chi connectivity index (χ1v) is 3.81. The van der Waals surface area contributed by atoms with E-state index in [2.05, 4.69) is 0 Å². The zero-order valence-corrected chi connectivity index (χ0v) is 9.48. The quantitative estimate of drug-likeness (QED) is 0.740. The van der Waals surface area contributed by atoms with Crippen LogP contribution in [0.5, 0.6) is 5.75 Å². The van der Waals surface area contributed by atoms with Gasteiger partial charge in [-0.05, 0) is 0 Å². The van der Waals surface area contributed by atoms with Crippen molar-refractivity contribution in [1.29, 1.82) is 0 Å². The second kappa shape index (κ2) is 4.53. The molecule has 1 aromatic carbocycles. The molecule has 2 N–H and O–H groups in total. The first-order valence-electron chi connectivity index (χ1n) is 2.87. The average Bonchev–Trinajstić information content (AvgIpc) is 1.94. The zero-order valence-electron chi connectivity index (χ0n) is 5.89. The number of phenolic OH excluding ortho intramolecular Hbond substituents is 1. The predicted octanol–water partition coefficient (Wildman–Crippen LogP) is 0.462. The van der Waals surface area contributed by atoms with Crippen molar-refractivity contribution >= 4 is 44.2 Å². The van der Waals surface area contributed by atoms with Gasteiger partial charge in [-0.1, -0.05) is 0 Å². The Labute approximate surface area is 88.7 Å². The number of hydrogen-bond acceptors (Lipinski definition) is 2. The summed E-state index contributed by atoms with van der Waals surface area (Å²) < 4.78 is 0.340. The molecule has 0 atom stereocenters. The number of hydrogen-bond donors (Lipinski definition) is 2. The minimum atomic E-state index is -1.03. The molecule has 0 spiro atoms. The van der Waals surface area contributed by atoms with Gasteiger partial charge < -0.3 is 0 Å². The molecule has 0 aromatic heterocycles. The first kappa shape index (κ1) is 11.5. The SMILES string of the molecule is Br.O=C(O)c1cccc(O)c1[As]. The molecule has 0 heterocycles. The van der Waals surface area contributed by atoms with E-state index in [0.717, 1.165) is 0 Å². The van der Waals surface area contributed by atoms with E-state index >= 15 is 0 Å². The van der Waals surface area contributed by atoms with Gasteiger partial charge in [0.25, 0.3) is 0 Å². The van der Waals surface area contributed by atoms with Gasteiger partial charge in [-0.25, -0.2) is 0 Å². The maximum atomic E-state index is 10.5. The van der Waals surface area contributed by atoms with E-state index in [4.69, 9.17) is 10.2 Å². The maximum absolute atomic E-state index is 10.5. The van der Waals surface area contributed by atoms with Crippen LogP contribution in [0.3, 0.4) is 0 Å². The fourth-order valence-electron chi connectivity index (χ4n) is 0.704. The molecule has 0 bridgehead atoms. The predicted molar refractivity (Wildman–Crippen MR) is 50.8 cm³/mol. The fraction of sp³-hybridized carbons (Fsp3) is 0. The number of carboxylic acid groups (broad SMARTS) is 1. The van der Waals surface area contributed by atoms with Gasteiger partial charge in [0, 0.05) is 0 Å². The van der Waals surface area contributed by atoms with Crippen molar-refractivity contribution in [3.8, 4) is 5.75 Å². The van der Waals surface area contributed by atoms with E-state index in [9.17, 15) is 4.79 Å². The van der Waals surface area contributed by atoms with Crippen LogP contribution < -0.4 is 4.35 Å². The van der Waals surface area contributed by atoms with Crippen molar-refractivity contribution in [2.45, 2.75) is 0 Å². The first-order chi connectivity index (χ1) is 5.13. The van der Waals surface area contributed by atoms with E-state index in [1.54, 1.807) is 0 Å². The summed E-state index contributed by atoms with van der Waals surface area (Å²) in [7, 11) is 0. The summed E-state index contributed by atoms with van der Waals surface area (Å²) in [4.78, 5) is 10.5. The van der Waals surface area contributed by atoms with E-state index in [-0.39, 0.29) is 28.3 Å². The van der Waals surface area contributed by atoms with Crippen molar-refractivity contribution < 1.29 is 15.0 Å². The molecule has 0 aliphatic heterocycles. The van der Waals surface area contributed by atoms with Gasteiger partial charge in [0.2, 0.25) is 0 Å². The molecular formula is C7H6AsBrO3. The molecule has 0 amide bonds. The summed E-state index contributed by atoms with van der Waals surface area (Å²) >= 11 is 2.03. The molecule has 0 aliphatic carbocycles. The number of carboxylic acids is 1. The van der Waals surface area contributed by atoms with Crippen LogP contribution in [0.25, 0.3) is 0 Å². The van der Waals surface area contributed by atoms with Crippen LogP contribution >= 0.6 is 17.0 Å². The van der Waals surface area contributed by atoms with Gasteiger partial charge in [-0.2, -0.15) is 0 Å². The molecule has 64 valence electrons. The average molecular weight is 293 g/mol. The van der Waals surface area contributed by atoms with Gasteiger partial charge in [0.15, 0.2) is 0 Å². The Bertz CT molecular complexity index is 301. The molecular weight excluding hydrogens is 287 g/mol. The van der Waals surface area contributed by atoms with E-state index < -0.39 is 5.97 Å². The van der Waals surface area contributed by atoms with Crippen LogP contribution in [-0.4, -0.2) is 33.0 Å². The molecule has 1 aromatic rings. The number of rotatable bonds is 1. The molecule has 5 heteroatoms. The number of halogens is 1. The summed E-state index contributed by atoms with van der Waals surface area (Å²) in [6.45, 7) is 0. The van der Waals surface area contributed by atoms with E-state index in [1.165, 1.54) is 18.2 Å². The normalized spacial score (nSPS) is 8.75.